The van der Waals surface area contributed by atoms with Crippen molar-refractivity contribution in [2.45, 2.75) is 52.3 Å². The van der Waals surface area contributed by atoms with Gasteiger partial charge in [0, 0.05) is 11.3 Å². The quantitative estimate of drug-likeness (QED) is 0.693. The van der Waals surface area contributed by atoms with Gasteiger partial charge in [0.1, 0.15) is 11.9 Å². The van der Waals surface area contributed by atoms with E-state index < -0.39 is 6.04 Å². The van der Waals surface area contributed by atoms with Crippen LogP contribution in [0.3, 0.4) is 0 Å². The summed E-state index contributed by atoms with van der Waals surface area (Å²) in [4.78, 5) is 37.1. The lowest BCUT2D eigenvalue weighted by Crippen LogP contribution is -2.47. The van der Waals surface area contributed by atoms with Crippen LogP contribution in [0, 0.1) is 19.8 Å². The molecular formula is C25H28N4O2S. The first-order chi connectivity index (χ1) is 15.3. The maximum Gasteiger partial charge on any atom is 0.271 e. The fourth-order valence-electron chi connectivity index (χ4n) is 3.98. The summed E-state index contributed by atoms with van der Waals surface area (Å²) in [6.45, 7) is 9.99. The van der Waals surface area contributed by atoms with Crippen LogP contribution >= 0.6 is 11.8 Å². The third-order valence-electron chi connectivity index (χ3n) is 5.74. The number of hydrogen-bond acceptors (Lipinski definition) is 5. The Labute approximate surface area is 193 Å². The normalized spacial score (nSPS) is 18.1. The summed E-state index contributed by atoms with van der Waals surface area (Å²) in [5.74, 6) is 0.459. The van der Waals surface area contributed by atoms with Crippen molar-refractivity contribution in [3.8, 4) is 0 Å². The number of carbonyl (C=O) groups is 2. The van der Waals surface area contributed by atoms with Crippen LogP contribution in [0.25, 0.3) is 0 Å². The Hall–Kier alpha value is -2.93. The molecule has 4 rings (SSSR count). The van der Waals surface area contributed by atoms with Crippen LogP contribution in [0.4, 0.5) is 11.4 Å². The molecule has 0 fully saturated rings. The summed E-state index contributed by atoms with van der Waals surface area (Å²) in [5.41, 5.74) is 4.56. The van der Waals surface area contributed by atoms with Crippen LogP contribution in [0.2, 0.25) is 0 Å². The molecule has 1 N–H and O–H groups in total. The van der Waals surface area contributed by atoms with Gasteiger partial charge in [0.05, 0.1) is 10.9 Å². The molecule has 0 saturated heterocycles. The van der Waals surface area contributed by atoms with Gasteiger partial charge in [-0.3, -0.25) is 14.5 Å². The Kier molecular flexibility index (Phi) is 6.20. The number of nitrogens with one attached hydrogen (secondary N) is 1. The fraction of sp³-hybridized carbons (Fsp3) is 0.360. The minimum absolute atomic E-state index is 0.0589. The Balaban J connectivity index is 1.65. The van der Waals surface area contributed by atoms with Gasteiger partial charge in [0.2, 0.25) is 5.91 Å². The highest BCUT2D eigenvalue weighted by molar-refractivity contribution is 8.15. The zero-order valence-corrected chi connectivity index (χ0v) is 19.9. The molecule has 7 heteroatoms. The fourth-order valence-corrected chi connectivity index (χ4v) is 5.03. The molecule has 2 aromatic carbocycles. The highest BCUT2D eigenvalue weighted by Gasteiger charge is 2.44. The summed E-state index contributed by atoms with van der Waals surface area (Å²) in [6, 6.07) is 13.3. The van der Waals surface area contributed by atoms with Crippen LogP contribution in [-0.4, -0.2) is 39.0 Å². The molecule has 6 nitrogen and oxygen atoms in total. The second-order valence-corrected chi connectivity index (χ2v) is 9.74. The van der Waals surface area contributed by atoms with Gasteiger partial charge in [-0.05, 0) is 55.5 Å². The molecule has 2 aromatic rings. The van der Waals surface area contributed by atoms with Crippen LogP contribution in [-0.2, 0) is 9.59 Å². The zero-order valence-electron chi connectivity index (χ0n) is 19.0. The number of aryl methyl sites for hydroxylation is 2. The molecule has 2 atom stereocenters. The van der Waals surface area contributed by atoms with E-state index in [1.165, 1.54) is 11.8 Å². The molecule has 0 bridgehead atoms. The van der Waals surface area contributed by atoms with Crippen LogP contribution in [0.1, 0.15) is 43.9 Å². The van der Waals surface area contributed by atoms with Gasteiger partial charge in [0.25, 0.3) is 5.91 Å². The monoisotopic (exact) mass is 448 g/mol. The number of nitrogens with zero attached hydrogens (tertiary/aromatic N) is 3. The first kappa shape index (κ1) is 22.3. The molecule has 2 aliphatic rings. The highest BCUT2D eigenvalue weighted by Crippen LogP contribution is 2.37. The molecule has 0 spiro atoms. The molecule has 166 valence electrons. The molecule has 2 unspecified atom stereocenters. The molecule has 0 saturated carbocycles. The van der Waals surface area contributed by atoms with E-state index in [1.807, 2.05) is 82.0 Å². The predicted molar refractivity (Wildman–Crippen MR) is 132 cm³/mol. The Morgan fingerprint density at radius 3 is 2.62 bits per heavy atom. The minimum Gasteiger partial charge on any atom is -0.325 e. The number of para-hydroxylation sites is 1. The van der Waals surface area contributed by atoms with Crippen LogP contribution in [0.5, 0.6) is 0 Å². The van der Waals surface area contributed by atoms with Gasteiger partial charge in [-0.2, -0.15) is 4.99 Å². The van der Waals surface area contributed by atoms with Crippen molar-refractivity contribution in [3.05, 3.63) is 59.2 Å². The van der Waals surface area contributed by atoms with E-state index >= 15 is 0 Å². The molecule has 2 heterocycles. The highest BCUT2D eigenvalue weighted by atomic mass is 32.2. The lowest BCUT2D eigenvalue weighted by molar-refractivity contribution is -0.120. The maximum absolute atomic E-state index is 13.2. The SMILES string of the molecule is CCC(SC1=Nc2ccccc2C2=NC(=O)C(C(C)C)N12)C(=O)Nc1cc(C)ccc1C. The van der Waals surface area contributed by atoms with E-state index in [0.29, 0.717) is 17.4 Å². The topological polar surface area (TPSA) is 74.1 Å². The summed E-state index contributed by atoms with van der Waals surface area (Å²) >= 11 is 1.40. The molecule has 0 aromatic heterocycles. The third-order valence-corrected chi connectivity index (χ3v) is 7.07. The second-order valence-electron chi connectivity index (χ2n) is 8.57. The smallest absolute Gasteiger partial charge is 0.271 e. The van der Waals surface area contributed by atoms with Crippen molar-refractivity contribution in [1.82, 2.24) is 4.90 Å². The van der Waals surface area contributed by atoms with Gasteiger partial charge in [0.15, 0.2) is 5.17 Å². The number of carbonyl (C=O) groups excluding carboxylic acids is 2. The zero-order chi connectivity index (χ0) is 23.0. The van der Waals surface area contributed by atoms with Gasteiger partial charge in [-0.1, -0.05) is 56.8 Å². The van der Waals surface area contributed by atoms with E-state index in [-0.39, 0.29) is 23.0 Å². The van der Waals surface area contributed by atoms with E-state index in [2.05, 4.69) is 10.3 Å². The van der Waals surface area contributed by atoms with Crippen molar-refractivity contribution in [2.75, 3.05) is 5.32 Å². The molecular weight excluding hydrogens is 420 g/mol. The molecule has 32 heavy (non-hydrogen) atoms. The Morgan fingerprint density at radius 2 is 1.91 bits per heavy atom. The lowest BCUT2D eigenvalue weighted by Gasteiger charge is -2.33. The van der Waals surface area contributed by atoms with Crippen molar-refractivity contribution in [3.63, 3.8) is 0 Å². The van der Waals surface area contributed by atoms with E-state index in [9.17, 15) is 9.59 Å². The number of amidine groups is 2. The van der Waals surface area contributed by atoms with Gasteiger partial charge < -0.3 is 5.32 Å². The second kappa shape index (κ2) is 8.90. The number of amides is 2. The maximum atomic E-state index is 13.2. The Morgan fingerprint density at radius 1 is 1.16 bits per heavy atom. The first-order valence-corrected chi connectivity index (χ1v) is 11.8. The Bertz CT molecular complexity index is 1140. The van der Waals surface area contributed by atoms with Gasteiger partial charge in [-0.25, -0.2) is 4.99 Å². The lowest BCUT2D eigenvalue weighted by atomic mass is 10.0. The van der Waals surface area contributed by atoms with Crippen molar-refractivity contribution < 1.29 is 9.59 Å². The average molecular weight is 449 g/mol. The number of fused-ring (bicyclic) bond motifs is 3. The minimum atomic E-state index is -0.413. The summed E-state index contributed by atoms with van der Waals surface area (Å²) in [6.07, 6.45) is 0.628. The van der Waals surface area contributed by atoms with Crippen LogP contribution < -0.4 is 5.32 Å². The molecule has 0 radical (unpaired) electrons. The van der Waals surface area contributed by atoms with E-state index in [4.69, 9.17) is 4.99 Å². The molecule has 2 aliphatic heterocycles. The van der Waals surface area contributed by atoms with E-state index in [1.54, 1.807) is 0 Å². The largest absolute Gasteiger partial charge is 0.325 e. The summed E-state index contributed by atoms with van der Waals surface area (Å²) in [5, 5.41) is 3.37. The molecule has 2 amide bonds. The predicted octanol–water partition coefficient (Wildman–Crippen LogP) is 5.07. The number of hydrogen-bond donors (Lipinski definition) is 1. The molecule has 0 aliphatic carbocycles. The summed E-state index contributed by atoms with van der Waals surface area (Å²) in [7, 11) is 0. The van der Waals surface area contributed by atoms with Gasteiger partial charge >= 0.3 is 0 Å². The van der Waals surface area contributed by atoms with Crippen LogP contribution in [0.15, 0.2) is 52.4 Å². The van der Waals surface area contributed by atoms with Crippen molar-refractivity contribution in [2.24, 2.45) is 15.9 Å². The number of rotatable bonds is 5. The van der Waals surface area contributed by atoms with Gasteiger partial charge in [-0.15, -0.1) is 0 Å². The average Bonchev–Trinajstić information content (AvgIpc) is 3.12. The first-order valence-electron chi connectivity index (χ1n) is 10.9. The standard InChI is InChI=1S/C25H28N4O2S/c1-6-20(23(30)26-19-13-15(4)11-12-16(19)5)32-25-27-18-10-8-7-9-17(18)22-28-24(31)21(14(2)3)29(22)25/h7-14,20-21H,6H2,1-5H3,(H,26,30). The number of thioether (sulfide) groups is 1. The summed E-state index contributed by atoms with van der Waals surface area (Å²) < 4.78 is 0. The number of benzene rings is 2. The van der Waals surface area contributed by atoms with E-state index in [0.717, 1.165) is 28.1 Å². The number of anilines is 1. The number of aliphatic imine (C=N–C) groups is 2. The van der Waals surface area contributed by atoms with Crippen molar-refractivity contribution >= 4 is 46.0 Å². The third kappa shape index (κ3) is 4.09. The van der Waals surface area contributed by atoms with Crippen molar-refractivity contribution in [1.29, 1.82) is 0 Å².